The number of halogens is 1. The second-order valence-corrected chi connectivity index (χ2v) is 5.13. The molecule has 1 aromatic carbocycles. The summed E-state index contributed by atoms with van der Waals surface area (Å²) in [4.78, 5) is 2.17. The molecule has 112 valence electrons. The second kappa shape index (κ2) is 7.13. The topological polar surface area (TPSA) is 41.9 Å². The fraction of sp³-hybridized carbons (Fsp3) is 0.600. The van der Waals surface area contributed by atoms with Gasteiger partial charge in [0.15, 0.2) is 0 Å². The molecule has 1 aliphatic rings. The second-order valence-electron chi connectivity index (χ2n) is 5.13. The van der Waals surface area contributed by atoms with Crippen molar-refractivity contribution in [2.24, 2.45) is 0 Å². The van der Waals surface area contributed by atoms with Gasteiger partial charge in [0.05, 0.1) is 18.3 Å². The van der Waals surface area contributed by atoms with Crippen molar-refractivity contribution in [2.45, 2.75) is 24.7 Å². The van der Waals surface area contributed by atoms with E-state index in [-0.39, 0.29) is 18.0 Å². The lowest BCUT2D eigenvalue weighted by molar-refractivity contribution is -0.00461. The molecule has 1 N–H and O–H groups in total. The van der Waals surface area contributed by atoms with Crippen LogP contribution in [0.4, 0.5) is 4.39 Å². The minimum absolute atomic E-state index is 0.0607. The van der Waals surface area contributed by atoms with Gasteiger partial charge >= 0.3 is 0 Å². The van der Waals surface area contributed by atoms with E-state index in [2.05, 4.69) is 4.90 Å². The molecular weight excluding hydrogens is 261 g/mol. The summed E-state index contributed by atoms with van der Waals surface area (Å²) in [6.45, 7) is 2.24. The van der Waals surface area contributed by atoms with Crippen molar-refractivity contribution in [1.82, 2.24) is 4.90 Å². The van der Waals surface area contributed by atoms with E-state index in [1.165, 1.54) is 6.07 Å². The Bertz CT molecular complexity index is 417. The largest absolute Gasteiger partial charge is 0.388 e. The van der Waals surface area contributed by atoms with E-state index < -0.39 is 6.10 Å². The van der Waals surface area contributed by atoms with Crippen LogP contribution >= 0.6 is 0 Å². The van der Waals surface area contributed by atoms with Gasteiger partial charge in [-0.05, 0) is 12.5 Å². The predicted octanol–water partition coefficient (Wildman–Crippen LogP) is 1.59. The van der Waals surface area contributed by atoms with Crippen LogP contribution in [0.15, 0.2) is 24.3 Å². The van der Waals surface area contributed by atoms with Gasteiger partial charge in [0.1, 0.15) is 5.82 Å². The van der Waals surface area contributed by atoms with E-state index >= 15 is 0 Å². The molecule has 1 saturated heterocycles. The molecule has 0 spiro atoms. The molecule has 0 aromatic heterocycles. The fourth-order valence-electron chi connectivity index (χ4n) is 2.66. The zero-order valence-corrected chi connectivity index (χ0v) is 12.0. The van der Waals surface area contributed by atoms with Crippen LogP contribution in [0.3, 0.4) is 0 Å². The van der Waals surface area contributed by atoms with E-state index in [1.807, 2.05) is 0 Å². The summed E-state index contributed by atoms with van der Waals surface area (Å²) in [6.07, 6.45) is -0.164. The Hall–Kier alpha value is -1.01. The van der Waals surface area contributed by atoms with Gasteiger partial charge in [0.2, 0.25) is 0 Å². The van der Waals surface area contributed by atoms with Gasteiger partial charge in [0.25, 0.3) is 0 Å². The molecule has 3 atom stereocenters. The van der Waals surface area contributed by atoms with Crippen LogP contribution < -0.4 is 0 Å². The number of hydrogen-bond donors (Lipinski definition) is 1. The molecule has 1 heterocycles. The molecule has 2 rings (SSSR count). The summed E-state index contributed by atoms with van der Waals surface area (Å²) in [5.74, 6) is -0.356. The average molecular weight is 283 g/mol. The Labute approximate surface area is 119 Å². The van der Waals surface area contributed by atoms with E-state index in [0.717, 1.165) is 13.1 Å². The molecular formula is C15H22FNO3. The first-order valence-electron chi connectivity index (χ1n) is 6.86. The molecule has 1 aliphatic heterocycles. The summed E-state index contributed by atoms with van der Waals surface area (Å²) in [5.41, 5.74) is 0.360. The molecule has 20 heavy (non-hydrogen) atoms. The third kappa shape index (κ3) is 3.55. The van der Waals surface area contributed by atoms with Gasteiger partial charge in [-0.3, -0.25) is 4.90 Å². The molecule has 1 fully saturated rings. The van der Waals surface area contributed by atoms with Crippen LogP contribution in [-0.4, -0.2) is 56.1 Å². The number of rotatable bonds is 6. The fourth-order valence-corrected chi connectivity index (χ4v) is 2.66. The number of ether oxygens (including phenoxy) is 2. The summed E-state index contributed by atoms with van der Waals surface area (Å²) >= 11 is 0. The number of aliphatic hydroxyl groups is 1. The summed E-state index contributed by atoms with van der Waals surface area (Å²) in [7, 11) is 3.35. The number of likely N-dealkylation sites (tertiary alicyclic amines) is 1. The van der Waals surface area contributed by atoms with Crippen molar-refractivity contribution in [2.75, 3.05) is 33.9 Å². The Morgan fingerprint density at radius 3 is 2.40 bits per heavy atom. The highest BCUT2D eigenvalue weighted by atomic mass is 19.1. The summed E-state index contributed by atoms with van der Waals surface area (Å²) in [6, 6.07) is 6.36. The normalized spacial score (nSPS) is 25.0. The molecule has 0 amide bonds. The number of benzene rings is 1. The molecule has 0 saturated carbocycles. The third-order valence-corrected chi connectivity index (χ3v) is 3.88. The number of nitrogens with zero attached hydrogens (tertiary/aromatic N) is 1. The van der Waals surface area contributed by atoms with Crippen molar-refractivity contribution < 1.29 is 19.0 Å². The van der Waals surface area contributed by atoms with E-state index in [4.69, 9.17) is 9.47 Å². The molecule has 0 radical (unpaired) electrons. The van der Waals surface area contributed by atoms with Gasteiger partial charge < -0.3 is 14.6 Å². The van der Waals surface area contributed by atoms with Crippen LogP contribution in [0.5, 0.6) is 0 Å². The number of hydrogen-bond acceptors (Lipinski definition) is 4. The van der Waals surface area contributed by atoms with Crippen molar-refractivity contribution in [3.63, 3.8) is 0 Å². The van der Waals surface area contributed by atoms with Crippen LogP contribution in [0.2, 0.25) is 0 Å². The average Bonchev–Trinajstić information content (AvgIpc) is 2.87. The highest BCUT2D eigenvalue weighted by Crippen LogP contribution is 2.22. The Morgan fingerprint density at radius 1 is 1.25 bits per heavy atom. The zero-order chi connectivity index (χ0) is 14.5. The van der Waals surface area contributed by atoms with Gasteiger partial charge in [-0.15, -0.1) is 0 Å². The smallest absolute Gasteiger partial charge is 0.128 e. The third-order valence-electron chi connectivity index (χ3n) is 3.88. The molecule has 4 nitrogen and oxygen atoms in total. The Morgan fingerprint density at radius 2 is 1.85 bits per heavy atom. The van der Waals surface area contributed by atoms with Gasteiger partial charge in [-0.1, -0.05) is 18.2 Å². The molecule has 0 aliphatic carbocycles. The van der Waals surface area contributed by atoms with Crippen molar-refractivity contribution in [1.29, 1.82) is 0 Å². The van der Waals surface area contributed by atoms with Crippen LogP contribution in [0, 0.1) is 5.82 Å². The van der Waals surface area contributed by atoms with E-state index in [1.54, 1.807) is 32.4 Å². The minimum atomic E-state index is -0.779. The Kier molecular flexibility index (Phi) is 5.48. The van der Waals surface area contributed by atoms with Crippen molar-refractivity contribution in [3.05, 3.63) is 35.6 Å². The maximum absolute atomic E-state index is 13.6. The number of aliphatic hydroxyl groups excluding tert-OH is 1. The van der Waals surface area contributed by atoms with Gasteiger partial charge in [-0.25, -0.2) is 4.39 Å². The minimum Gasteiger partial charge on any atom is -0.388 e. The lowest BCUT2D eigenvalue weighted by Gasteiger charge is -2.18. The predicted molar refractivity (Wildman–Crippen MR) is 74.0 cm³/mol. The van der Waals surface area contributed by atoms with Crippen LogP contribution in [-0.2, 0) is 9.47 Å². The maximum atomic E-state index is 13.6. The van der Waals surface area contributed by atoms with Gasteiger partial charge in [0, 0.05) is 39.4 Å². The standard InChI is InChI=1S/C15H22FNO3/c1-19-14-9-17(10-15(14)20-2)8-7-13(18)11-5-3-4-6-12(11)16/h3-6,13-15,18H,7-10H2,1-2H3. The zero-order valence-electron chi connectivity index (χ0n) is 12.0. The first-order valence-corrected chi connectivity index (χ1v) is 6.86. The number of methoxy groups -OCH3 is 2. The summed E-state index contributed by atoms with van der Waals surface area (Å²) in [5, 5.41) is 10.1. The van der Waals surface area contributed by atoms with Crippen LogP contribution in [0.25, 0.3) is 0 Å². The summed E-state index contributed by atoms with van der Waals surface area (Å²) < 4.78 is 24.3. The van der Waals surface area contributed by atoms with Crippen molar-refractivity contribution in [3.8, 4) is 0 Å². The first kappa shape index (κ1) is 15.4. The van der Waals surface area contributed by atoms with Crippen LogP contribution in [0.1, 0.15) is 18.1 Å². The molecule has 5 heteroatoms. The van der Waals surface area contributed by atoms with Crippen molar-refractivity contribution >= 4 is 0 Å². The lowest BCUT2D eigenvalue weighted by atomic mass is 10.1. The van der Waals surface area contributed by atoms with E-state index in [9.17, 15) is 9.50 Å². The SMILES string of the molecule is COC1CN(CCC(O)c2ccccc2F)CC1OC. The monoisotopic (exact) mass is 283 g/mol. The highest BCUT2D eigenvalue weighted by molar-refractivity contribution is 5.19. The molecule has 0 bridgehead atoms. The molecule has 1 aromatic rings. The van der Waals surface area contributed by atoms with E-state index in [0.29, 0.717) is 18.5 Å². The molecule has 3 unspecified atom stereocenters. The maximum Gasteiger partial charge on any atom is 0.128 e. The lowest BCUT2D eigenvalue weighted by Crippen LogP contribution is -2.27. The highest BCUT2D eigenvalue weighted by Gasteiger charge is 2.32. The van der Waals surface area contributed by atoms with Gasteiger partial charge in [-0.2, -0.15) is 0 Å². The first-order chi connectivity index (χ1) is 9.65. The quantitative estimate of drug-likeness (QED) is 0.861. The Balaban J connectivity index is 1.85.